The third-order valence-electron chi connectivity index (χ3n) is 3.95. The zero-order chi connectivity index (χ0) is 21.3. The SMILES string of the molecule is COc1c(Cl)c(Cl)cc(C(=O)Nc2scc(-c3ccc(I)cc3)c2C(=O)O)c1Cl. The molecule has 5 nitrogen and oxygen atoms in total. The van der Waals surface area contributed by atoms with Crippen molar-refractivity contribution in [1.82, 2.24) is 0 Å². The molecule has 0 bridgehead atoms. The first-order chi connectivity index (χ1) is 13.7. The predicted molar refractivity (Wildman–Crippen MR) is 125 cm³/mol. The maximum atomic E-state index is 12.8. The topological polar surface area (TPSA) is 75.6 Å². The summed E-state index contributed by atoms with van der Waals surface area (Å²) in [6, 6.07) is 8.70. The molecule has 0 aliphatic heterocycles. The van der Waals surface area contributed by atoms with Crippen LogP contribution in [0.1, 0.15) is 20.7 Å². The monoisotopic (exact) mass is 581 g/mol. The molecule has 0 unspecified atom stereocenters. The molecule has 1 amide bonds. The summed E-state index contributed by atoms with van der Waals surface area (Å²) in [4.78, 5) is 24.7. The van der Waals surface area contributed by atoms with Crippen LogP contribution in [0.4, 0.5) is 5.00 Å². The lowest BCUT2D eigenvalue weighted by atomic mass is 10.0. The smallest absolute Gasteiger partial charge is 0.339 e. The maximum absolute atomic E-state index is 12.8. The molecule has 0 saturated carbocycles. The second-order valence-electron chi connectivity index (χ2n) is 5.69. The van der Waals surface area contributed by atoms with Crippen LogP contribution in [0, 0.1) is 3.57 Å². The molecule has 2 N–H and O–H groups in total. The van der Waals surface area contributed by atoms with Gasteiger partial charge in [0.15, 0.2) is 5.75 Å². The number of anilines is 1. The van der Waals surface area contributed by atoms with E-state index in [1.165, 1.54) is 13.2 Å². The van der Waals surface area contributed by atoms with E-state index in [0.717, 1.165) is 20.5 Å². The molecule has 0 saturated heterocycles. The number of hydrogen-bond acceptors (Lipinski definition) is 4. The number of aromatic carboxylic acids is 1. The number of carbonyl (C=O) groups is 2. The van der Waals surface area contributed by atoms with Crippen molar-refractivity contribution in [3.8, 4) is 16.9 Å². The van der Waals surface area contributed by atoms with Crippen LogP contribution in [0.15, 0.2) is 35.7 Å². The van der Waals surface area contributed by atoms with E-state index in [9.17, 15) is 14.7 Å². The quantitative estimate of drug-likeness (QED) is 0.253. The molecule has 0 atom stereocenters. The molecule has 1 aromatic heterocycles. The normalized spacial score (nSPS) is 10.7. The molecule has 29 heavy (non-hydrogen) atoms. The van der Waals surface area contributed by atoms with Crippen LogP contribution < -0.4 is 10.1 Å². The van der Waals surface area contributed by atoms with Crippen LogP contribution in [0.2, 0.25) is 15.1 Å². The van der Waals surface area contributed by atoms with Gasteiger partial charge in [0, 0.05) is 14.5 Å². The Kier molecular flexibility index (Phi) is 6.95. The van der Waals surface area contributed by atoms with Gasteiger partial charge in [0.05, 0.1) is 22.7 Å². The van der Waals surface area contributed by atoms with Gasteiger partial charge in [-0.25, -0.2) is 4.79 Å². The first-order valence-electron chi connectivity index (χ1n) is 7.88. The lowest BCUT2D eigenvalue weighted by molar-refractivity contribution is 0.0699. The average Bonchev–Trinajstić information content (AvgIpc) is 3.09. The van der Waals surface area contributed by atoms with Crippen LogP contribution >= 0.6 is 68.7 Å². The Hall–Kier alpha value is -1.52. The largest absolute Gasteiger partial charge is 0.494 e. The van der Waals surface area contributed by atoms with Crippen molar-refractivity contribution in [3.05, 3.63) is 65.5 Å². The van der Waals surface area contributed by atoms with Crippen LogP contribution in [0.5, 0.6) is 5.75 Å². The number of rotatable bonds is 5. The summed E-state index contributed by atoms with van der Waals surface area (Å²) >= 11 is 21.6. The van der Waals surface area contributed by atoms with Gasteiger partial charge in [0.25, 0.3) is 5.91 Å². The Morgan fingerprint density at radius 2 is 1.79 bits per heavy atom. The van der Waals surface area contributed by atoms with Crippen molar-refractivity contribution in [1.29, 1.82) is 0 Å². The van der Waals surface area contributed by atoms with Crippen molar-refractivity contribution in [2.24, 2.45) is 0 Å². The fourth-order valence-corrected chi connectivity index (χ4v) is 4.70. The minimum Gasteiger partial charge on any atom is -0.494 e. The highest BCUT2D eigenvalue weighted by Crippen LogP contribution is 2.41. The number of amides is 1. The number of benzene rings is 2. The van der Waals surface area contributed by atoms with Gasteiger partial charge >= 0.3 is 5.97 Å². The summed E-state index contributed by atoms with van der Waals surface area (Å²) in [7, 11) is 1.35. The molecule has 150 valence electrons. The molecule has 0 aliphatic carbocycles. The van der Waals surface area contributed by atoms with Gasteiger partial charge in [0.2, 0.25) is 0 Å². The molecule has 3 rings (SSSR count). The van der Waals surface area contributed by atoms with Gasteiger partial charge in [-0.15, -0.1) is 11.3 Å². The highest BCUT2D eigenvalue weighted by atomic mass is 127. The standard InChI is InChI=1S/C19H11Cl3INO4S/c1-28-16-14(21)10(6-12(20)15(16)22)17(25)24-18-13(19(26)27)11(7-29-18)8-2-4-9(23)5-3-8/h2-7H,1H3,(H,24,25)(H,26,27). The minimum absolute atomic E-state index is 0.00675. The molecular weight excluding hydrogens is 572 g/mol. The van der Waals surface area contributed by atoms with Crippen molar-refractivity contribution >= 4 is 85.6 Å². The second kappa shape index (κ2) is 9.09. The van der Waals surface area contributed by atoms with E-state index < -0.39 is 11.9 Å². The average molecular weight is 583 g/mol. The summed E-state index contributed by atoms with van der Waals surface area (Å²) in [6.07, 6.45) is 0. The fraction of sp³-hybridized carbons (Fsp3) is 0.0526. The number of thiophene rings is 1. The summed E-state index contributed by atoms with van der Waals surface area (Å²) in [5.74, 6) is -1.73. The van der Waals surface area contributed by atoms with Crippen LogP contribution in [-0.2, 0) is 0 Å². The van der Waals surface area contributed by atoms with E-state index in [2.05, 4.69) is 27.9 Å². The molecule has 1 heterocycles. The Labute approximate surface area is 198 Å². The van der Waals surface area contributed by atoms with E-state index >= 15 is 0 Å². The van der Waals surface area contributed by atoms with Crippen LogP contribution in [-0.4, -0.2) is 24.1 Å². The summed E-state index contributed by atoms with van der Waals surface area (Å²) < 4.78 is 6.13. The molecule has 10 heteroatoms. The highest BCUT2D eigenvalue weighted by Gasteiger charge is 2.24. The Balaban J connectivity index is 2.01. The van der Waals surface area contributed by atoms with Gasteiger partial charge in [-0.3, -0.25) is 4.79 Å². The Bertz CT molecular complexity index is 1120. The van der Waals surface area contributed by atoms with Crippen LogP contribution in [0.25, 0.3) is 11.1 Å². The van der Waals surface area contributed by atoms with Crippen molar-refractivity contribution < 1.29 is 19.4 Å². The zero-order valence-corrected chi connectivity index (χ0v) is 19.8. The number of halogens is 4. The van der Waals surface area contributed by atoms with Crippen molar-refractivity contribution in [2.45, 2.75) is 0 Å². The zero-order valence-electron chi connectivity index (χ0n) is 14.6. The van der Waals surface area contributed by atoms with E-state index in [1.54, 1.807) is 5.38 Å². The number of carbonyl (C=O) groups excluding carboxylic acids is 1. The number of carboxylic acid groups (broad SMARTS) is 1. The first-order valence-corrected chi connectivity index (χ1v) is 11.0. The van der Waals surface area contributed by atoms with E-state index in [4.69, 9.17) is 39.5 Å². The molecular formula is C19H11Cl3INO4S. The summed E-state index contributed by atoms with van der Waals surface area (Å²) in [5.41, 5.74) is 1.24. The lowest BCUT2D eigenvalue weighted by Crippen LogP contribution is -2.14. The van der Waals surface area contributed by atoms with Crippen LogP contribution in [0.3, 0.4) is 0 Å². The molecule has 0 aliphatic rings. The third-order valence-corrected chi connectivity index (χ3v) is 6.71. The number of hydrogen-bond donors (Lipinski definition) is 2. The van der Waals surface area contributed by atoms with E-state index in [1.807, 2.05) is 24.3 Å². The molecule has 0 radical (unpaired) electrons. The van der Waals surface area contributed by atoms with Gasteiger partial charge in [-0.1, -0.05) is 46.9 Å². The van der Waals surface area contributed by atoms with Crippen molar-refractivity contribution in [3.63, 3.8) is 0 Å². The minimum atomic E-state index is -1.16. The molecule has 2 aromatic carbocycles. The molecule has 0 spiro atoms. The fourth-order valence-electron chi connectivity index (χ4n) is 2.60. The first kappa shape index (κ1) is 22.2. The predicted octanol–water partition coefficient (Wildman–Crippen LogP) is 6.94. The number of methoxy groups -OCH3 is 1. The third kappa shape index (κ3) is 4.49. The van der Waals surface area contributed by atoms with Gasteiger partial charge in [-0.05, 0) is 46.4 Å². The van der Waals surface area contributed by atoms with Gasteiger partial charge < -0.3 is 15.2 Å². The van der Waals surface area contributed by atoms with Crippen molar-refractivity contribution in [2.75, 3.05) is 12.4 Å². The van der Waals surface area contributed by atoms with Gasteiger partial charge in [-0.2, -0.15) is 0 Å². The van der Waals surface area contributed by atoms with Gasteiger partial charge in [0.1, 0.15) is 15.6 Å². The molecule has 3 aromatic rings. The number of nitrogens with one attached hydrogen (secondary N) is 1. The lowest BCUT2D eigenvalue weighted by Gasteiger charge is -2.12. The van der Waals surface area contributed by atoms with E-state index in [0.29, 0.717) is 5.56 Å². The summed E-state index contributed by atoms with van der Waals surface area (Å²) in [5, 5.41) is 14.3. The number of carboxylic acids is 1. The highest BCUT2D eigenvalue weighted by molar-refractivity contribution is 14.1. The number of ether oxygens (including phenoxy) is 1. The maximum Gasteiger partial charge on any atom is 0.339 e. The summed E-state index contributed by atoms with van der Waals surface area (Å²) in [6.45, 7) is 0. The Morgan fingerprint density at radius 3 is 2.38 bits per heavy atom. The second-order valence-corrected chi connectivity index (χ2v) is 8.98. The Morgan fingerprint density at radius 1 is 1.14 bits per heavy atom. The van der Waals surface area contributed by atoms with E-state index in [-0.39, 0.29) is 36.9 Å². The molecule has 0 fully saturated rings.